The molecule has 6 atom stereocenters. The van der Waals surface area contributed by atoms with E-state index in [-0.39, 0.29) is 11.9 Å². The number of fused-ring (bicyclic) bond motifs is 3. The molecule has 2 heterocycles. The highest BCUT2D eigenvalue weighted by atomic mass is 16.7. The molecular weight excluding hydrogens is 462 g/mol. The molecule has 6 unspecified atom stereocenters. The molecule has 1 saturated carbocycles. The van der Waals surface area contributed by atoms with Gasteiger partial charge in [-0.3, -0.25) is 0 Å². The first-order valence-electron chi connectivity index (χ1n) is 12.3. The van der Waals surface area contributed by atoms with E-state index in [2.05, 4.69) is 5.32 Å². The van der Waals surface area contributed by atoms with E-state index >= 15 is 0 Å². The molecule has 2 aromatic carbocycles. The molecule has 0 amide bonds. The SMILES string of the molecule is COc1ccc2c(c1O)C13CCNC14CC2OC4(OC)C(OC)C(OC(=O)C=Cc1ccccc1)C3. The first-order valence-corrected chi connectivity index (χ1v) is 12.3. The van der Waals surface area contributed by atoms with Gasteiger partial charge in [-0.1, -0.05) is 36.4 Å². The van der Waals surface area contributed by atoms with Crippen molar-refractivity contribution in [2.75, 3.05) is 27.9 Å². The van der Waals surface area contributed by atoms with Gasteiger partial charge in [0.2, 0.25) is 5.79 Å². The van der Waals surface area contributed by atoms with Gasteiger partial charge in [-0.15, -0.1) is 0 Å². The number of hydrogen-bond donors (Lipinski definition) is 2. The number of phenols is 1. The van der Waals surface area contributed by atoms with Crippen LogP contribution < -0.4 is 10.1 Å². The van der Waals surface area contributed by atoms with E-state index in [4.69, 9.17) is 23.7 Å². The minimum absolute atomic E-state index is 0.105. The normalized spacial score (nSPS) is 35.9. The molecule has 6 rings (SSSR count). The molecule has 2 aromatic rings. The van der Waals surface area contributed by atoms with Gasteiger partial charge in [0, 0.05) is 37.7 Å². The van der Waals surface area contributed by atoms with Crippen molar-refractivity contribution >= 4 is 12.0 Å². The van der Waals surface area contributed by atoms with E-state index < -0.39 is 34.9 Å². The van der Waals surface area contributed by atoms with Gasteiger partial charge in [0.15, 0.2) is 11.5 Å². The van der Waals surface area contributed by atoms with E-state index in [0.717, 1.165) is 16.7 Å². The molecule has 8 heteroatoms. The number of rotatable bonds is 6. The van der Waals surface area contributed by atoms with Crippen LogP contribution in [0.25, 0.3) is 6.08 Å². The Kier molecular flexibility index (Phi) is 5.42. The number of benzene rings is 2. The fourth-order valence-electron chi connectivity index (χ4n) is 7.45. The smallest absolute Gasteiger partial charge is 0.331 e. The molecule has 8 nitrogen and oxygen atoms in total. The minimum atomic E-state index is -1.23. The highest BCUT2D eigenvalue weighted by molar-refractivity contribution is 5.87. The maximum Gasteiger partial charge on any atom is 0.331 e. The summed E-state index contributed by atoms with van der Waals surface area (Å²) in [6.45, 7) is 0.697. The summed E-state index contributed by atoms with van der Waals surface area (Å²) in [6, 6.07) is 13.3. The molecule has 2 aliphatic heterocycles. The molecule has 36 heavy (non-hydrogen) atoms. The first kappa shape index (κ1) is 23.5. The Morgan fingerprint density at radius 3 is 2.67 bits per heavy atom. The number of carbonyl (C=O) groups is 1. The zero-order chi connectivity index (χ0) is 25.1. The summed E-state index contributed by atoms with van der Waals surface area (Å²) in [5.41, 5.74) is 1.32. The largest absolute Gasteiger partial charge is 0.504 e. The Balaban J connectivity index is 1.45. The number of nitrogens with one attached hydrogen (secondary N) is 1. The number of methoxy groups -OCH3 is 3. The van der Waals surface area contributed by atoms with Crippen LogP contribution in [0.5, 0.6) is 11.5 Å². The fraction of sp³-hybridized carbons (Fsp3) is 0.464. The van der Waals surface area contributed by atoms with Crippen molar-refractivity contribution in [3.63, 3.8) is 0 Å². The van der Waals surface area contributed by atoms with Gasteiger partial charge in [-0.05, 0) is 42.7 Å². The number of esters is 1. The minimum Gasteiger partial charge on any atom is -0.504 e. The van der Waals surface area contributed by atoms with Crippen LogP contribution in [0.4, 0.5) is 0 Å². The average Bonchev–Trinajstić information content (AvgIpc) is 3.44. The van der Waals surface area contributed by atoms with Crippen LogP contribution in [0.3, 0.4) is 0 Å². The van der Waals surface area contributed by atoms with Crippen LogP contribution >= 0.6 is 0 Å². The predicted molar refractivity (Wildman–Crippen MR) is 131 cm³/mol. The molecule has 2 saturated heterocycles. The van der Waals surface area contributed by atoms with Crippen LogP contribution in [0.1, 0.15) is 42.1 Å². The number of hydrogen-bond acceptors (Lipinski definition) is 8. The molecule has 4 aliphatic rings. The predicted octanol–water partition coefficient (Wildman–Crippen LogP) is 3.23. The monoisotopic (exact) mass is 493 g/mol. The van der Waals surface area contributed by atoms with Crippen LogP contribution in [0.15, 0.2) is 48.5 Å². The van der Waals surface area contributed by atoms with E-state index in [9.17, 15) is 9.90 Å². The lowest BCUT2D eigenvalue weighted by Gasteiger charge is -2.59. The molecule has 0 aromatic heterocycles. The second-order valence-electron chi connectivity index (χ2n) is 10.0. The first-order chi connectivity index (χ1) is 17.4. The third kappa shape index (κ3) is 2.87. The Bertz CT molecular complexity index is 1220. The van der Waals surface area contributed by atoms with Crippen LogP contribution in [0.2, 0.25) is 0 Å². The van der Waals surface area contributed by atoms with E-state index in [1.807, 2.05) is 36.4 Å². The number of ether oxygens (including phenoxy) is 5. The van der Waals surface area contributed by atoms with Gasteiger partial charge in [0.05, 0.1) is 18.8 Å². The Hall–Kier alpha value is -2.91. The zero-order valence-electron chi connectivity index (χ0n) is 20.7. The molecule has 2 N–H and O–H groups in total. The Labute approximate surface area is 210 Å². The van der Waals surface area contributed by atoms with Gasteiger partial charge in [-0.25, -0.2) is 4.79 Å². The van der Waals surface area contributed by atoms with Crippen molar-refractivity contribution in [1.82, 2.24) is 5.32 Å². The summed E-state index contributed by atoms with van der Waals surface area (Å²) in [5, 5.41) is 15.1. The summed E-state index contributed by atoms with van der Waals surface area (Å²) < 4.78 is 30.5. The zero-order valence-corrected chi connectivity index (χ0v) is 20.7. The number of carbonyl (C=O) groups excluding carboxylic acids is 1. The van der Waals surface area contributed by atoms with Crippen LogP contribution in [0, 0.1) is 0 Å². The summed E-state index contributed by atoms with van der Waals surface area (Å²) in [7, 11) is 4.74. The third-order valence-corrected chi connectivity index (χ3v) is 8.72. The second kappa shape index (κ2) is 8.31. The van der Waals surface area contributed by atoms with Crippen molar-refractivity contribution < 1.29 is 33.6 Å². The standard InChI is InChI=1S/C28H31NO7/c1-32-19-11-10-18-20-16-27-26(13-14-29-27,23(18)24(19)31)15-21(25(33-2)28(27,34-3)36-20)35-22(30)12-9-17-7-5-4-6-8-17/h4-12,20-21,25,29,31H,13-16H2,1-3H3. The molecule has 1 spiro atoms. The molecule has 190 valence electrons. The number of phenolic OH excluding ortho intramolecular Hbond substituents is 1. The maximum atomic E-state index is 13.0. The van der Waals surface area contributed by atoms with Crippen LogP contribution in [-0.4, -0.2) is 62.5 Å². The second-order valence-corrected chi connectivity index (χ2v) is 10.0. The van der Waals surface area contributed by atoms with Crippen molar-refractivity contribution in [2.24, 2.45) is 0 Å². The van der Waals surface area contributed by atoms with Crippen molar-refractivity contribution in [2.45, 2.75) is 54.3 Å². The highest BCUT2D eigenvalue weighted by Crippen LogP contribution is 2.71. The lowest BCUT2D eigenvalue weighted by Crippen LogP contribution is -2.78. The van der Waals surface area contributed by atoms with E-state index in [0.29, 0.717) is 31.6 Å². The topological polar surface area (TPSA) is 95.5 Å². The Morgan fingerprint density at radius 2 is 1.94 bits per heavy atom. The van der Waals surface area contributed by atoms with Gasteiger partial charge in [0.25, 0.3) is 0 Å². The highest BCUT2D eigenvalue weighted by Gasteiger charge is 2.81. The fourth-order valence-corrected chi connectivity index (χ4v) is 7.45. The van der Waals surface area contributed by atoms with Crippen molar-refractivity contribution in [3.8, 4) is 11.5 Å². The molecule has 2 aliphatic carbocycles. The van der Waals surface area contributed by atoms with Gasteiger partial charge < -0.3 is 34.1 Å². The van der Waals surface area contributed by atoms with E-state index in [1.165, 1.54) is 6.08 Å². The average molecular weight is 494 g/mol. The maximum absolute atomic E-state index is 13.0. The molecular formula is C28H31NO7. The molecule has 0 radical (unpaired) electrons. The quantitative estimate of drug-likeness (QED) is 0.468. The molecule has 2 bridgehead atoms. The third-order valence-electron chi connectivity index (χ3n) is 8.72. The summed E-state index contributed by atoms with van der Waals surface area (Å²) in [5.74, 6) is -1.20. The molecule has 3 fully saturated rings. The van der Waals surface area contributed by atoms with Crippen LogP contribution in [-0.2, 0) is 29.2 Å². The summed E-state index contributed by atoms with van der Waals surface area (Å²) in [4.78, 5) is 13.0. The van der Waals surface area contributed by atoms with Gasteiger partial charge in [0.1, 0.15) is 12.2 Å². The lowest BCUT2D eigenvalue weighted by atomic mass is 9.50. The Morgan fingerprint density at radius 1 is 1.14 bits per heavy atom. The van der Waals surface area contributed by atoms with Gasteiger partial charge >= 0.3 is 5.97 Å². The number of aromatic hydroxyl groups is 1. The van der Waals surface area contributed by atoms with E-state index in [1.54, 1.807) is 33.5 Å². The lowest BCUT2D eigenvalue weighted by molar-refractivity contribution is -0.328. The van der Waals surface area contributed by atoms with Gasteiger partial charge in [-0.2, -0.15) is 0 Å². The van der Waals surface area contributed by atoms with Crippen molar-refractivity contribution in [1.29, 1.82) is 0 Å². The summed E-state index contributed by atoms with van der Waals surface area (Å²) >= 11 is 0. The van der Waals surface area contributed by atoms with Crippen molar-refractivity contribution in [3.05, 3.63) is 65.2 Å². The summed E-state index contributed by atoms with van der Waals surface area (Å²) in [6.07, 6.45) is 3.29.